The van der Waals surface area contributed by atoms with Gasteiger partial charge in [-0.1, -0.05) is 123 Å². The van der Waals surface area contributed by atoms with E-state index in [-0.39, 0.29) is 5.97 Å². The highest BCUT2D eigenvalue weighted by Gasteiger charge is 2.02. The molecule has 156 valence electrons. The fraction of sp³-hybridized carbons (Fsp3) is 0.958. The van der Waals surface area contributed by atoms with Gasteiger partial charge in [-0.3, -0.25) is 4.79 Å². The second-order valence-electron chi connectivity index (χ2n) is 7.98. The highest BCUT2D eigenvalue weighted by molar-refractivity contribution is 5.69. The van der Waals surface area contributed by atoms with Crippen molar-refractivity contribution in [1.29, 1.82) is 0 Å². The lowest BCUT2D eigenvalue weighted by atomic mass is 10.0. The number of ether oxygens (including phenoxy) is 1. The molecule has 0 radical (unpaired) electrons. The first-order chi connectivity index (χ1) is 12.8. The van der Waals surface area contributed by atoms with Crippen molar-refractivity contribution in [1.82, 2.24) is 0 Å². The Morgan fingerprint density at radius 3 is 1.27 bits per heavy atom. The summed E-state index contributed by atoms with van der Waals surface area (Å²) >= 11 is 0. The van der Waals surface area contributed by atoms with Crippen LogP contribution >= 0.6 is 0 Å². The van der Waals surface area contributed by atoms with Gasteiger partial charge in [0.05, 0.1) is 6.61 Å². The Balaban J connectivity index is 3.07. The minimum atomic E-state index is 0.00599. The summed E-state index contributed by atoms with van der Waals surface area (Å²) in [4.78, 5) is 11.5. The number of rotatable bonds is 21. The van der Waals surface area contributed by atoms with E-state index in [2.05, 4.69) is 13.8 Å². The van der Waals surface area contributed by atoms with Gasteiger partial charge < -0.3 is 4.74 Å². The van der Waals surface area contributed by atoms with Crippen LogP contribution in [0.2, 0.25) is 0 Å². The van der Waals surface area contributed by atoms with Gasteiger partial charge >= 0.3 is 5.97 Å². The maximum atomic E-state index is 11.5. The Kier molecular flexibility index (Phi) is 22.1. The van der Waals surface area contributed by atoms with Gasteiger partial charge in [0.1, 0.15) is 0 Å². The SMILES string of the molecule is CCCCCCCCCCCCCCCCCCC(=O)OCCCCC. The van der Waals surface area contributed by atoms with Crippen molar-refractivity contribution in [2.45, 2.75) is 142 Å². The van der Waals surface area contributed by atoms with Gasteiger partial charge in [-0.05, 0) is 12.8 Å². The predicted molar refractivity (Wildman–Crippen MR) is 115 cm³/mol. The average Bonchev–Trinajstić information content (AvgIpc) is 2.65. The molecule has 0 rings (SSSR count). The zero-order valence-corrected chi connectivity index (χ0v) is 18.2. The molecule has 26 heavy (non-hydrogen) atoms. The summed E-state index contributed by atoms with van der Waals surface area (Å²) in [5.74, 6) is 0.00599. The molecule has 0 aromatic rings. The first-order valence-electron chi connectivity index (χ1n) is 12.0. The van der Waals surface area contributed by atoms with Crippen molar-refractivity contribution in [3.05, 3.63) is 0 Å². The average molecular weight is 369 g/mol. The molecule has 0 unspecified atom stereocenters. The fourth-order valence-corrected chi connectivity index (χ4v) is 3.43. The molecule has 0 aliphatic heterocycles. The Morgan fingerprint density at radius 2 is 0.846 bits per heavy atom. The van der Waals surface area contributed by atoms with Gasteiger partial charge in [0.15, 0.2) is 0 Å². The molecule has 0 aliphatic carbocycles. The van der Waals surface area contributed by atoms with E-state index < -0.39 is 0 Å². The van der Waals surface area contributed by atoms with Crippen molar-refractivity contribution < 1.29 is 9.53 Å². The number of hydrogen-bond acceptors (Lipinski definition) is 2. The quantitative estimate of drug-likeness (QED) is 0.150. The van der Waals surface area contributed by atoms with Crippen LogP contribution in [0.5, 0.6) is 0 Å². The number of unbranched alkanes of at least 4 members (excludes halogenated alkanes) is 17. The monoisotopic (exact) mass is 368 g/mol. The number of hydrogen-bond donors (Lipinski definition) is 0. The molecule has 0 aromatic heterocycles. The molecule has 0 bridgehead atoms. The molecular weight excluding hydrogens is 320 g/mol. The first-order valence-corrected chi connectivity index (χ1v) is 12.0. The summed E-state index contributed by atoms with van der Waals surface area (Å²) in [6.07, 6.45) is 25.8. The van der Waals surface area contributed by atoms with Gasteiger partial charge in [-0.25, -0.2) is 0 Å². The van der Waals surface area contributed by atoms with Crippen molar-refractivity contribution in [2.24, 2.45) is 0 Å². The van der Waals surface area contributed by atoms with E-state index in [1.54, 1.807) is 0 Å². The minimum Gasteiger partial charge on any atom is -0.466 e. The van der Waals surface area contributed by atoms with E-state index in [1.807, 2.05) is 0 Å². The summed E-state index contributed by atoms with van der Waals surface area (Å²) in [5, 5.41) is 0. The lowest BCUT2D eigenvalue weighted by Crippen LogP contribution is -2.05. The van der Waals surface area contributed by atoms with Gasteiger partial charge in [-0.2, -0.15) is 0 Å². The van der Waals surface area contributed by atoms with Crippen molar-refractivity contribution >= 4 is 5.97 Å². The molecule has 0 spiro atoms. The summed E-state index contributed by atoms with van der Waals surface area (Å²) < 4.78 is 5.23. The zero-order valence-electron chi connectivity index (χ0n) is 18.2. The maximum absolute atomic E-state index is 11.5. The molecule has 0 saturated carbocycles. The highest BCUT2D eigenvalue weighted by atomic mass is 16.5. The van der Waals surface area contributed by atoms with Gasteiger partial charge in [-0.15, -0.1) is 0 Å². The molecular formula is C24H48O2. The third-order valence-corrected chi connectivity index (χ3v) is 5.25. The minimum absolute atomic E-state index is 0.00599. The Morgan fingerprint density at radius 1 is 0.500 bits per heavy atom. The van der Waals surface area contributed by atoms with Crippen LogP contribution < -0.4 is 0 Å². The lowest BCUT2D eigenvalue weighted by molar-refractivity contribution is -0.143. The Bertz CT molecular complexity index is 275. The molecule has 0 heterocycles. The van der Waals surface area contributed by atoms with E-state index in [0.717, 1.165) is 19.3 Å². The Hall–Kier alpha value is -0.530. The molecule has 0 amide bonds. The van der Waals surface area contributed by atoms with E-state index in [4.69, 9.17) is 4.74 Å². The third-order valence-electron chi connectivity index (χ3n) is 5.25. The molecule has 0 atom stereocenters. The second-order valence-corrected chi connectivity index (χ2v) is 7.98. The van der Waals surface area contributed by atoms with E-state index in [0.29, 0.717) is 13.0 Å². The van der Waals surface area contributed by atoms with Crippen LogP contribution in [0.4, 0.5) is 0 Å². The van der Waals surface area contributed by atoms with Crippen LogP contribution in [-0.2, 0) is 9.53 Å². The van der Waals surface area contributed by atoms with Crippen LogP contribution in [0, 0.1) is 0 Å². The maximum Gasteiger partial charge on any atom is 0.305 e. The van der Waals surface area contributed by atoms with Gasteiger partial charge in [0, 0.05) is 6.42 Å². The predicted octanol–water partition coefficient (Wildman–Crippen LogP) is 8.37. The fourth-order valence-electron chi connectivity index (χ4n) is 3.43. The molecule has 0 fully saturated rings. The topological polar surface area (TPSA) is 26.3 Å². The van der Waals surface area contributed by atoms with Crippen LogP contribution in [0.15, 0.2) is 0 Å². The molecule has 0 saturated heterocycles. The van der Waals surface area contributed by atoms with Crippen LogP contribution in [0.25, 0.3) is 0 Å². The molecule has 2 nitrogen and oxygen atoms in total. The van der Waals surface area contributed by atoms with Crippen LogP contribution in [-0.4, -0.2) is 12.6 Å². The van der Waals surface area contributed by atoms with E-state index in [1.165, 1.54) is 103 Å². The second kappa shape index (κ2) is 22.5. The van der Waals surface area contributed by atoms with Crippen LogP contribution in [0.3, 0.4) is 0 Å². The number of carbonyl (C=O) groups excluding carboxylic acids is 1. The van der Waals surface area contributed by atoms with Crippen molar-refractivity contribution in [3.8, 4) is 0 Å². The van der Waals surface area contributed by atoms with Gasteiger partial charge in [0.2, 0.25) is 0 Å². The largest absolute Gasteiger partial charge is 0.466 e. The molecule has 2 heteroatoms. The van der Waals surface area contributed by atoms with Gasteiger partial charge in [0.25, 0.3) is 0 Å². The number of esters is 1. The summed E-state index contributed by atoms with van der Waals surface area (Å²) in [5.41, 5.74) is 0. The van der Waals surface area contributed by atoms with E-state index >= 15 is 0 Å². The van der Waals surface area contributed by atoms with E-state index in [9.17, 15) is 4.79 Å². The number of carbonyl (C=O) groups is 1. The highest BCUT2D eigenvalue weighted by Crippen LogP contribution is 2.14. The summed E-state index contributed by atoms with van der Waals surface area (Å²) in [6, 6.07) is 0. The normalized spacial score (nSPS) is 11.0. The first kappa shape index (κ1) is 25.5. The van der Waals surface area contributed by atoms with Crippen molar-refractivity contribution in [3.63, 3.8) is 0 Å². The summed E-state index contributed by atoms with van der Waals surface area (Å²) in [7, 11) is 0. The zero-order chi connectivity index (χ0) is 19.1. The standard InChI is InChI=1S/C24H48O2/c1-3-5-7-8-9-10-11-12-13-14-15-16-17-18-19-20-22-24(25)26-23-21-6-4-2/h3-23H2,1-2H3. The lowest BCUT2D eigenvalue weighted by Gasteiger charge is -2.05. The molecule has 0 aliphatic rings. The van der Waals surface area contributed by atoms with Crippen molar-refractivity contribution in [2.75, 3.05) is 6.61 Å². The smallest absolute Gasteiger partial charge is 0.305 e. The third kappa shape index (κ3) is 21.5. The molecule has 0 N–H and O–H groups in total. The summed E-state index contributed by atoms with van der Waals surface area (Å²) in [6.45, 7) is 5.07. The Labute approximate surface area is 164 Å². The molecule has 0 aromatic carbocycles. The van der Waals surface area contributed by atoms with Crippen LogP contribution in [0.1, 0.15) is 142 Å².